The van der Waals surface area contributed by atoms with E-state index in [1.54, 1.807) is 18.7 Å². The van der Waals surface area contributed by atoms with Gasteiger partial charge in [0.1, 0.15) is 11.4 Å². The lowest BCUT2D eigenvalue weighted by molar-refractivity contribution is -0.137. The minimum absolute atomic E-state index is 0.106. The molecule has 0 radical (unpaired) electrons. The van der Waals surface area contributed by atoms with Gasteiger partial charge in [0, 0.05) is 36.2 Å². The van der Waals surface area contributed by atoms with Gasteiger partial charge in [-0.05, 0) is 56.2 Å². The number of para-hydroxylation sites is 1. The lowest BCUT2D eigenvalue weighted by Crippen LogP contribution is -2.56. The van der Waals surface area contributed by atoms with Crippen LogP contribution in [-0.2, 0) is 16.0 Å². The molecule has 0 bridgehead atoms. The largest absolute Gasteiger partial charge is 0.379 e. The third-order valence-electron chi connectivity index (χ3n) is 5.84. The van der Waals surface area contributed by atoms with E-state index in [9.17, 15) is 14.0 Å². The maximum Gasteiger partial charge on any atom is 0.252 e. The molecule has 4 rings (SSSR count). The Kier molecular flexibility index (Phi) is 6.70. The number of carbonyl (C=O) groups excluding carboxylic acids is 2. The first-order valence-corrected chi connectivity index (χ1v) is 11.1. The molecule has 1 saturated heterocycles. The number of halogens is 1. The molecule has 2 amide bonds. The van der Waals surface area contributed by atoms with Crippen LogP contribution in [-0.4, -0.2) is 53.5 Å². The molecule has 0 aliphatic carbocycles. The van der Waals surface area contributed by atoms with Gasteiger partial charge >= 0.3 is 0 Å². The van der Waals surface area contributed by atoms with Crippen LogP contribution in [0.25, 0.3) is 10.9 Å². The zero-order valence-electron chi connectivity index (χ0n) is 18.9. The standard InChI is InChI=1S/C26H28FN3O3/c1-26(2,29-24(31)21-7-5-8-22(27)14-21)25(32)30-10-11-33-17-19(16-30)12-18-13-20-6-3-4-9-23(20)28-15-18/h3-9,13-15,19H,10-12,16-17H2,1-2H3,(H,29,31)/t19-/m0/s1. The van der Waals surface area contributed by atoms with Gasteiger partial charge in [-0.1, -0.05) is 24.3 Å². The second-order valence-corrected chi connectivity index (χ2v) is 9.02. The van der Waals surface area contributed by atoms with E-state index in [2.05, 4.69) is 16.4 Å². The molecule has 1 aliphatic rings. The highest BCUT2D eigenvalue weighted by Crippen LogP contribution is 2.20. The van der Waals surface area contributed by atoms with E-state index < -0.39 is 17.3 Å². The molecule has 0 spiro atoms. The Morgan fingerprint density at radius 3 is 2.82 bits per heavy atom. The van der Waals surface area contributed by atoms with Crippen LogP contribution in [0.5, 0.6) is 0 Å². The highest BCUT2D eigenvalue weighted by atomic mass is 19.1. The maximum atomic E-state index is 13.5. The number of ether oxygens (including phenoxy) is 1. The van der Waals surface area contributed by atoms with Crippen LogP contribution in [0.4, 0.5) is 4.39 Å². The van der Waals surface area contributed by atoms with Gasteiger partial charge in [0.25, 0.3) is 5.91 Å². The number of benzene rings is 2. The summed E-state index contributed by atoms with van der Waals surface area (Å²) in [4.78, 5) is 32.2. The number of rotatable bonds is 5. The van der Waals surface area contributed by atoms with Crippen LogP contribution in [0.1, 0.15) is 29.8 Å². The van der Waals surface area contributed by atoms with Gasteiger partial charge in [0.05, 0.1) is 18.7 Å². The molecule has 0 unspecified atom stereocenters. The summed E-state index contributed by atoms with van der Waals surface area (Å²) in [5, 5.41) is 3.84. The summed E-state index contributed by atoms with van der Waals surface area (Å²) in [5.41, 5.74) is 1.07. The summed E-state index contributed by atoms with van der Waals surface area (Å²) in [7, 11) is 0. The predicted octanol–water partition coefficient (Wildman–Crippen LogP) is 3.60. The van der Waals surface area contributed by atoms with E-state index in [0.717, 1.165) is 29.0 Å². The Balaban J connectivity index is 1.44. The lowest BCUT2D eigenvalue weighted by atomic mass is 9.97. The third-order valence-corrected chi connectivity index (χ3v) is 5.84. The Morgan fingerprint density at radius 1 is 1.18 bits per heavy atom. The van der Waals surface area contributed by atoms with Crippen molar-refractivity contribution in [3.63, 3.8) is 0 Å². The molecule has 2 aromatic carbocycles. The number of nitrogens with zero attached hydrogens (tertiary/aromatic N) is 2. The summed E-state index contributed by atoms with van der Waals surface area (Å²) >= 11 is 0. The minimum atomic E-state index is -1.15. The molecule has 1 fully saturated rings. The summed E-state index contributed by atoms with van der Waals surface area (Å²) < 4.78 is 19.3. The monoisotopic (exact) mass is 449 g/mol. The number of aromatic nitrogens is 1. The van der Waals surface area contributed by atoms with Crippen LogP contribution < -0.4 is 5.32 Å². The highest BCUT2D eigenvalue weighted by molar-refractivity contribution is 5.99. The lowest BCUT2D eigenvalue weighted by Gasteiger charge is -2.33. The van der Waals surface area contributed by atoms with Crippen molar-refractivity contribution >= 4 is 22.7 Å². The summed E-state index contributed by atoms with van der Waals surface area (Å²) in [5.74, 6) is -1.08. The summed E-state index contributed by atoms with van der Waals surface area (Å²) in [6.07, 6.45) is 2.61. The van der Waals surface area contributed by atoms with Crippen LogP contribution in [0.15, 0.2) is 60.8 Å². The number of nitrogens with one attached hydrogen (secondary N) is 1. The Bertz CT molecular complexity index is 1160. The second kappa shape index (κ2) is 9.67. The molecule has 2 heterocycles. The number of hydrogen-bond donors (Lipinski definition) is 1. The molecular formula is C26H28FN3O3. The first kappa shape index (κ1) is 22.9. The molecule has 0 saturated carbocycles. The zero-order chi connectivity index (χ0) is 23.4. The minimum Gasteiger partial charge on any atom is -0.379 e. The average molecular weight is 450 g/mol. The fourth-order valence-corrected chi connectivity index (χ4v) is 4.18. The highest BCUT2D eigenvalue weighted by Gasteiger charge is 2.35. The van der Waals surface area contributed by atoms with E-state index in [-0.39, 0.29) is 17.4 Å². The molecule has 1 aromatic heterocycles. The van der Waals surface area contributed by atoms with Crippen molar-refractivity contribution in [2.45, 2.75) is 25.8 Å². The van der Waals surface area contributed by atoms with E-state index in [1.165, 1.54) is 18.2 Å². The van der Waals surface area contributed by atoms with E-state index >= 15 is 0 Å². The Hall–Kier alpha value is -3.32. The normalized spacial score (nSPS) is 16.9. The molecule has 1 N–H and O–H groups in total. The smallest absolute Gasteiger partial charge is 0.252 e. The Morgan fingerprint density at radius 2 is 2.00 bits per heavy atom. The fourth-order valence-electron chi connectivity index (χ4n) is 4.18. The average Bonchev–Trinajstić information content (AvgIpc) is 3.03. The van der Waals surface area contributed by atoms with Crippen molar-refractivity contribution in [1.29, 1.82) is 0 Å². The van der Waals surface area contributed by atoms with Crippen LogP contribution >= 0.6 is 0 Å². The van der Waals surface area contributed by atoms with E-state index in [1.807, 2.05) is 30.5 Å². The molecular weight excluding hydrogens is 421 g/mol. The SMILES string of the molecule is CC(C)(NC(=O)c1cccc(F)c1)C(=O)N1CCOC[C@@H](Cc2cnc3ccccc3c2)C1. The number of fused-ring (bicyclic) bond motifs is 1. The van der Waals surface area contributed by atoms with Crippen LogP contribution in [0.3, 0.4) is 0 Å². The van der Waals surface area contributed by atoms with Gasteiger partial charge < -0.3 is 15.0 Å². The topological polar surface area (TPSA) is 71.5 Å². The van der Waals surface area contributed by atoms with Gasteiger partial charge in [-0.15, -0.1) is 0 Å². The zero-order valence-corrected chi connectivity index (χ0v) is 18.9. The molecule has 1 atom stereocenters. The van der Waals surface area contributed by atoms with E-state index in [0.29, 0.717) is 26.3 Å². The first-order chi connectivity index (χ1) is 15.8. The van der Waals surface area contributed by atoms with Gasteiger partial charge in [0.2, 0.25) is 5.91 Å². The van der Waals surface area contributed by atoms with Crippen molar-refractivity contribution in [3.8, 4) is 0 Å². The molecule has 7 heteroatoms. The predicted molar refractivity (Wildman–Crippen MR) is 124 cm³/mol. The number of pyridine rings is 1. The van der Waals surface area contributed by atoms with Crippen molar-refractivity contribution in [2.24, 2.45) is 5.92 Å². The van der Waals surface area contributed by atoms with Crippen molar-refractivity contribution in [3.05, 3.63) is 77.7 Å². The first-order valence-electron chi connectivity index (χ1n) is 11.1. The Labute approximate surface area is 192 Å². The third kappa shape index (κ3) is 5.54. The molecule has 172 valence electrons. The molecule has 3 aromatic rings. The summed E-state index contributed by atoms with van der Waals surface area (Å²) in [6, 6.07) is 15.5. The maximum absolute atomic E-state index is 13.5. The molecule has 6 nitrogen and oxygen atoms in total. The number of carbonyl (C=O) groups is 2. The van der Waals surface area contributed by atoms with Crippen LogP contribution in [0.2, 0.25) is 0 Å². The van der Waals surface area contributed by atoms with E-state index in [4.69, 9.17) is 4.74 Å². The number of hydrogen-bond acceptors (Lipinski definition) is 4. The quantitative estimate of drug-likeness (QED) is 0.646. The van der Waals surface area contributed by atoms with Gasteiger partial charge in [-0.2, -0.15) is 0 Å². The van der Waals surface area contributed by atoms with Gasteiger partial charge in [-0.25, -0.2) is 4.39 Å². The number of amides is 2. The van der Waals surface area contributed by atoms with Crippen molar-refractivity contribution in [2.75, 3.05) is 26.3 Å². The molecule has 1 aliphatic heterocycles. The molecule has 33 heavy (non-hydrogen) atoms. The van der Waals surface area contributed by atoms with Crippen molar-refractivity contribution in [1.82, 2.24) is 15.2 Å². The second-order valence-electron chi connectivity index (χ2n) is 9.02. The van der Waals surface area contributed by atoms with Gasteiger partial charge in [-0.3, -0.25) is 14.6 Å². The fraction of sp³-hybridized carbons (Fsp3) is 0.346. The van der Waals surface area contributed by atoms with Crippen molar-refractivity contribution < 1.29 is 18.7 Å². The summed E-state index contributed by atoms with van der Waals surface area (Å²) in [6.45, 7) is 5.29. The van der Waals surface area contributed by atoms with Gasteiger partial charge in [0.15, 0.2) is 0 Å². The van der Waals surface area contributed by atoms with Crippen LogP contribution in [0, 0.1) is 11.7 Å².